The molecule has 2 aromatic carbocycles. The molecule has 1 aliphatic rings. The van der Waals surface area contributed by atoms with E-state index in [-0.39, 0.29) is 11.8 Å². The highest BCUT2D eigenvalue weighted by molar-refractivity contribution is 5.97. The number of rotatable bonds is 5. The van der Waals surface area contributed by atoms with E-state index in [4.69, 9.17) is 4.74 Å². The van der Waals surface area contributed by atoms with Gasteiger partial charge in [0.05, 0.1) is 29.8 Å². The third kappa shape index (κ3) is 2.93. The summed E-state index contributed by atoms with van der Waals surface area (Å²) in [6.07, 6.45) is 4.71. The maximum absolute atomic E-state index is 12.1. The van der Waals surface area contributed by atoms with Crippen molar-refractivity contribution in [1.29, 1.82) is 5.26 Å². The van der Waals surface area contributed by atoms with Gasteiger partial charge in [0, 0.05) is 23.7 Å². The summed E-state index contributed by atoms with van der Waals surface area (Å²) in [6.45, 7) is 2.79. The Morgan fingerprint density at radius 2 is 2.04 bits per heavy atom. The number of methoxy groups -OCH3 is 1. The summed E-state index contributed by atoms with van der Waals surface area (Å²) in [6, 6.07) is 15.8. The fourth-order valence-corrected chi connectivity index (χ4v) is 3.61. The molecule has 5 heteroatoms. The zero-order valence-corrected chi connectivity index (χ0v) is 15.9. The third-order valence-corrected chi connectivity index (χ3v) is 5.22. The van der Waals surface area contributed by atoms with Crippen LogP contribution in [0.2, 0.25) is 0 Å². The van der Waals surface area contributed by atoms with Crippen molar-refractivity contribution < 1.29 is 9.53 Å². The highest BCUT2D eigenvalue weighted by Crippen LogP contribution is 2.35. The van der Waals surface area contributed by atoms with Crippen LogP contribution in [0.25, 0.3) is 22.2 Å². The Labute approximate surface area is 163 Å². The van der Waals surface area contributed by atoms with Gasteiger partial charge in [-0.3, -0.25) is 4.79 Å². The van der Waals surface area contributed by atoms with Crippen molar-refractivity contribution >= 4 is 22.5 Å². The van der Waals surface area contributed by atoms with Crippen molar-refractivity contribution in [3.63, 3.8) is 0 Å². The molecule has 0 fully saturated rings. The minimum Gasteiger partial charge on any atom is -0.497 e. The van der Waals surface area contributed by atoms with Crippen LogP contribution in [0.15, 0.2) is 54.6 Å². The molecule has 3 aromatic rings. The van der Waals surface area contributed by atoms with E-state index in [1.807, 2.05) is 54.6 Å². The fourth-order valence-electron chi connectivity index (χ4n) is 3.61. The molecule has 28 heavy (non-hydrogen) atoms. The molecule has 0 bridgehead atoms. The average molecular weight is 371 g/mol. The average Bonchev–Trinajstić information content (AvgIpc) is 2.99. The second-order valence-electron chi connectivity index (χ2n) is 6.80. The van der Waals surface area contributed by atoms with Gasteiger partial charge in [-0.2, -0.15) is 5.26 Å². The highest BCUT2D eigenvalue weighted by atomic mass is 16.5. The Kier molecular flexibility index (Phi) is 4.62. The largest absolute Gasteiger partial charge is 0.497 e. The second-order valence-corrected chi connectivity index (χ2v) is 6.80. The Morgan fingerprint density at radius 3 is 2.61 bits per heavy atom. The van der Waals surface area contributed by atoms with Gasteiger partial charge < -0.3 is 14.6 Å². The number of benzene rings is 2. The summed E-state index contributed by atoms with van der Waals surface area (Å²) < 4.78 is 7.48. The van der Waals surface area contributed by atoms with Crippen LogP contribution < -0.4 is 10.1 Å². The summed E-state index contributed by atoms with van der Waals surface area (Å²) in [5, 5.41) is 13.7. The van der Waals surface area contributed by atoms with E-state index in [9.17, 15) is 10.1 Å². The monoisotopic (exact) mass is 371 g/mol. The molecule has 0 spiro atoms. The summed E-state index contributed by atoms with van der Waals surface area (Å²) >= 11 is 0. The molecular formula is C23H21N3O2. The molecule has 0 saturated carbocycles. The molecule has 1 heterocycles. The lowest BCUT2D eigenvalue weighted by Crippen LogP contribution is -2.24. The van der Waals surface area contributed by atoms with Gasteiger partial charge >= 0.3 is 0 Å². The summed E-state index contributed by atoms with van der Waals surface area (Å²) in [5.74, 6) is 0.754. The molecule has 0 aliphatic heterocycles. The Hall–Kier alpha value is -3.52. The van der Waals surface area contributed by atoms with Crippen molar-refractivity contribution in [3.05, 3.63) is 60.2 Å². The molecule has 1 aliphatic carbocycles. The number of aryl methyl sites for hydroxylation is 1. The highest BCUT2D eigenvalue weighted by Gasteiger charge is 2.20. The van der Waals surface area contributed by atoms with Crippen molar-refractivity contribution in [3.8, 4) is 23.1 Å². The van der Waals surface area contributed by atoms with E-state index in [2.05, 4.69) is 22.9 Å². The number of aromatic nitrogens is 1. The number of nitrogens with one attached hydrogen (secondary N) is 1. The fraction of sp³-hybridized carbons (Fsp3) is 0.217. The van der Waals surface area contributed by atoms with Crippen LogP contribution in [0.3, 0.4) is 0 Å². The molecule has 0 radical (unpaired) electrons. The number of hydrogen-bond acceptors (Lipinski definition) is 3. The standard InChI is InChI=1S/C23H21N3O2/c1-3-26-21-13-18(28-2)11-12-19(21)20(14-24)22(26)15-7-9-17(10-8-15)25-23(27)16-5-4-6-16/h4-5,7-13,16H,3,6H2,1-2H3,(H,25,27). The molecule has 1 aromatic heterocycles. The molecule has 5 nitrogen and oxygen atoms in total. The first-order valence-corrected chi connectivity index (χ1v) is 9.34. The van der Waals surface area contributed by atoms with E-state index in [0.717, 1.165) is 46.6 Å². The van der Waals surface area contributed by atoms with Crippen molar-refractivity contribution in [2.45, 2.75) is 19.9 Å². The zero-order valence-electron chi connectivity index (χ0n) is 15.9. The maximum Gasteiger partial charge on any atom is 0.231 e. The number of nitriles is 1. The molecule has 1 N–H and O–H groups in total. The first kappa shape index (κ1) is 17.9. The molecule has 1 atom stereocenters. The molecule has 1 amide bonds. The predicted octanol–water partition coefficient (Wildman–Crippen LogP) is 4.72. The lowest BCUT2D eigenvalue weighted by Gasteiger charge is -2.17. The van der Waals surface area contributed by atoms with Gasteiger partial charge in [-0.1, -0.05) is 24.3 Å². The molecule has 4 rings (SSSR count). The van der Waals surface area contributed by atoms with Crippen LogP contribution in [-0.4, -0.2) is 17.6 Å². The van der Waals surface area contributed by atoms with E-state index >= 15 is 0 Å². The molecule has 0 saturated heterocycles. The number of ether oxygens (including phenoxy) is 1. The summed E-state index contributed by atoms with van der Waals surface area (Å²) in [7, 11) is 1.64. The quantitative estimate of drug-likeness (QED) is 0.660. The maximum atomic E-state index is 12.1. The number of anilines is 1. The predicted molar refractivity (Wildman–Crippen MR) is 110 cm³/mol. The van der Waals surface area contributed by atoms with Gasteiger partial charge in [0.2, 0.25) is 5.91 Å². The lowest BCUT2D eigenvalue weighted by molar-refractivity contribution is -0.118. The number of amides is 1. The summed E-state index contributed by atoms with van der Waals surface area (Å²) in [5.41, 5.74) is 4.20. The molecule has 1 unspecified atom stereocenters. The van der Waals surface area contributed by atoms with Gasteiger partial charge in [-0.05, 0) is 43.2 Å². The van der Waals surface area contributed by atoms with Crippen LogP contribution >= 0.6 is 0 Å². The van der Waals surface area contributed by atoms with Crippen molar-refractivity contribution in [2.75, 3.05) is 12.4 Å². The van der Waals surface area contributed by atoms with Gasteiger partial charge in [0.15, 0.2) is 0 Å². The van der Waals surface area contributed by atoms with Gasteiger partial charge in [-0.25, -0.2) is 0 Å². The van der Waals surface area contributed by atoms with Crippen LogP contribution in [0.4, 0.5) is 5.69 Å². The SMILES string of the molecule is CCn1c(-c2ccc(NC(=O)C3C=CC3)cc2)c(C#N)c2ccc(OC)cc21. The number of carbonyl (C=O) groups excluding carboxylic acids is 1. The van der Waals surface area contributed by atoms with Crippen molar-refractivity contribution in [2.24, 2.45) is 5.92 Å². The Balaban J connectivity index is 1.74. The van der Waals surface area contributed by atoms with Gasteiger partial charge in [0.25, 0.3) is 0 Å². The smallest absolute Gasteiger partial charge is 0.231 e. The number of nitrogens with zero attached hydrogens (tertiary/aromatic N) is 2. The zero-order chi connectivity index (χ0) is 19.7. The summed E-state index contributed by atoms with van der Waals surface area (Å²) in [4.78, 5) is 12.1. The number of allylic oxidation sites excluding steroid dienone is 1. The minimum atomic E-state index is -0.0255. The van der Waals surface area contributed by atoms with Crippen LogP contribution in [0.1, 0.15) is 18.9 Å². The lowest BCUT2D eigenvalue weighted by atomic mass is 9.94. The van der Waals surface area contributed by atoms with Crippen LogP contribution in [-0.2, 0) is 11.3 Å². The molecule has 140 valence electrons. The van der Waals surface area contributed by atoms with Crippen LogP contribution in [0, 0.1) is 17.2 Å². The first-order valence-electron chi connectivity index (χ1n) is 9.34. The third-order valence-electron chi connectivity index (χ3n) is 5.22. The van der Waals surface area contributed by atoms with Gasteiger partial charge in [-0.15, -0.1) is 0 Å². The minimum absolute atomic E-state index is 0.0164. The van der Waals surface area contributed by atoms with Gasteiger partial charge in [0.1, 0.15) is 11.8 Å². The first-order chi connectivity index (χ1) is 13.7. The Morgan fingerprint density at radius 1 is 1.29 bits per heavy atom. The van der Waals surface area contributed by atoms with E-state index in [1.165, 1.54) is 0 Å². The van der Waals surface area contributed by atoms with E-state index in [0.29, 0.717) is 5.56 Å². The topological polar surface area (TPSA) is 67.0 Å². The Bertz CT molecular complexity index is 1120. The van der Waals surface area contributed by atoms with Crippen LogP contribution in [0.5, 0.6) is 5.75 Å². The number of fused-ring (bicyclic) bond motifs is 1. The van der Waals surface area contributed by atoms with E-state index in [1.54, 1.807) is 7.11 Å². The molecular weight excluding hydrogens is 350 g/mol. The second kappa shape index (κ2) is 7.24. The number of hydrogen-bond donors (Lipinski definition) is 1. The van der Waals surface area contributed by atoms with Crippen molar-refractivity contribution in [1.82, 2.24) is 4.57 Å². The van der Waals surface area contributed by atoms with E-state index < -0.39 is 0 Å². The normalized spacial score (nSPS) is 15.1. The number of carbonyl (C=O) groups is 1.